The second-order valence-electron chi connectivity index (χ2n) is 2.66. The first-order valence-corrected chi connectivity index (χ1v) is 5.00. The van der Waals surface area contributed by atoms with Gasteiger partial charge >= 0.3 is 5.69 Å². The average molecular weight is 220 g/mol. The van der Waals surface area contributed by atoms with E-state index in [0.29, 0.717) is 0 Å². The van der Waals surface area contributed by atoms with Crippen LogP contribution in [0.2, 0.25) is 0 Å². The fraction of sp³-hybridized carbons (Fsp3) is 0.400. The zero-order valence-electron chi connectivity index (χ0n) is 7.46. The first-order chi connectivity index (χ1) is 6.25. The van der Waals surface area contributed by atoms with E-state index in [4.69, 9.17) is 5.14 Å². The number of nitrogens with zero attached hydrogens (tertiary/aromatic N) is 3. The summed E-state index contributed by atoms with van der Waals surface area (Å²) in [6.07, 6.45) is 0. The van der Waals surface area contributed by atoms with Crippen molar-refractivity contribution in [2.45, 2.75) is 11.9 Å². The van der Waals surface area contributed by atoms with Crippen LogP contribution < -0.4 is 5.14 Å². The molecule has 1 aromatic rings. The van der Waals surface area contributed by atoms with Gasteiger partial charge in [0.1, 0.15) is 5.69 Å². The predicted octanol–water partition coefficient (Wildman–Crippen LogP) is -0.716. The Morgan fingerprint density at radius 2 is 2.07 bits per heavy atom. The molecule has 0 atom stereocenters. The number of nitrogens with two attached hydrogens (primary N) is 1. The van der Waals surface area contributed by atoms with Gasteiger partial charge in [-0.05, 0) is 6.92 Å². The summed E-state index contributed by atoms with van der Waals surface area (Å²) in [7, 11) is -2.85. The zero-order chi connectivity index (χ0) is 11.1. The Bertz CT molecular complexity index is 488. The van der Waals surface area contributed by atoms with E-state index in [1.165, 1.54) is 14.0 Å². The van der Waals surface area contributed by atoms with Gasteiger partial charge < -0.3 is 0 Å². The van der Waals surface area contributed by atoms with E-state index in [1.807, 2.05) is 0 Å². The van der Waals surface area contributed by atoms with Crippen LogP contribution in [0.25, 0.3) is 0 Å². The van der Waals surface area contributed by atoms with Gasteiger partial charge in [-0.2, -0.15) is 5.10 Å². The minimum atomic E-state index is -4.13. The van der Waals surface area contributed by atoms with E-state index >= 15 is 0 Å². The second kappa shape index (κ2) is 3.03. The minimum Gasteiger partial charge on any atom is -0.258 e. The molecular weight excluding hydrogens is 212 g/mol. The molecule has 0 aliphatic rings. The third-order valence-electron chi connectivity index (χ3n) is 1.59. The van der Waals surface area contributed by atoms with Crippen molar-refractivity contribution in [2.75, 3.05) is 0 Å². The molecule has 1 aromatic heterocycles. The van der Waals surface area contributed by atoms with Crippen molar-refractivity contribution in [1.29, 1.82) is 0 Å². The Hall–Kier alpha value is -1.48. The minimum absolute atomic E-state index is 0.0153. The third-order valence-corrected chi connectivity index (χ3v) is 2.59. The molecule has 78 valence electrons. The fourth-order valence-electron chi connectivity index (χ4n) is 1.15. The molecule has 2 N–H and O–H groups in total. The molecule has 1 heterocycles. The normalized spacial score (nSPS) is 11.6. The highest BCUT2D eigenvalue weighted by atomic mass is 32.2. The molecule has 0 bridgehead atoms. The maximum Gasteiger partial charge on any atom is 0.330 e. The average Bonchev–Trinajstić information content (AvgIpc) is 2.23. The van der Waals surface area contributed by atoms with Crippen molar-refractivity contribution in [3.63, 3.8) is 0 Å². The van der Waals surface area contributed by atoms with Crippen LogP contribution in [0, 0.1) is 17.0 Å². The molecule has 0 radical (unpaired) electrons. The lowest BCUT2D eigenvalue weighted by Crippen LogP contribution is -2.17. The first kappa shape index (κ1) is 10.6. The van der Waals surface area contributed by atoms with Gasteiger partial charge in [0.2, 0.25) is 5.03 Å². The number of hydrogen-bond acceptors (Lipinski definition) is 5. The lowest BCUT2D eigenvalue weighted by atomic mass is 10.4. The van der Waals surface area contributed by atoms with Crippen LogP contribution >= 0.6 is 0 Å². The molecule has 1 rings (SSSR count). The van der Waals surface area contributed by atoms with Crippen LogP contribution in [-0.4, -0.2) is 23.1 Å². The standard InChI is InChI=1S/C5H8N4O4S/c1-3-4(9(10)11)5(8(2)7-3)14(6,12)13/h1-2H3,(H2,6,12,13). The summed E-state index contributed by atoms with van der Waals surface area (Å²) in [6.45, 7) is 1.34. The van der Waals surface area contributed by atoms with Gasteiger partial charge in [-0.25, -0.2) is 18.2 Å². The van der Waals surface area contributed by atoms with E-state index in [2.05, 4.69) is 5.10 Å². The van der Waals surface area contributed by atoms with E-state index in [1.54, 1.807) is 0 Å². The Labute approximate surface area is 79.5 Å². The van der Waals surface area contributed by atoms with E-state index < -0.39 is 25.7 Å². The summed E-state index contributed by atoms with van der Waals surface area (Å²) in [5.74, 6) is 0. The van der Waals surface area contributed by atoms with Crippen LogP contribution in [0.3, 0.4) is 0 Å². The summed E-state index contributed by atoms with van der Waals surface area (Å²) in [6, 6.07) is 0. The number of hydrogen-bond donors (Lipinski definition) is 1. The number of aryl methyl sites for hydroxylation is 2. The highest BCUT2D eigenvalue weighted by molar-refractivity contribution is 7.89. The summed E-state index contributed by atoms with van der Waals surface area (Å²) < 4.78 is 22.9. The second-order valence-corrected chi connectivity index (χ2v) is 4.14. The molecule has 0 fully saturated rings. The third kappa shape index (κ3) is 1.59. The summed E-state index contributed by atoms with van der Waals surface area (Å²) in [5.41, 5.74) is -0.559. The Kier molecular flexibility index (Phi) is 2.29. The van der Waals surface area contributed by atoms with Crippen molar-refractivity contribution >= 4 is 15.7 Å². The molecule has 14 heavy (non-hydrogen) atoms. The Morgan fingerprint density at radius 3 is 2.36 bits per heavy atom. The molecular formula is C5H8N4O4S. The van der Waals surface area contributed by atoms with Gasteiger partial charge in [-0.3, -0.25) is 10.1 Å². The topological polar surface area (TPSA) is 121 Å². The highest BCUT2D eigenvalue weighted by Gasteiger charge is 2.31. The fourth-order valence-corrected chi connectivity index (χ4v) is 2.06. The van der Waals surface area contributed by atoms with Gasteiger partial charge in [-0.15, -0.1) is 0 Å². The Balaban J connectivity index is 3.65. The zero-order valence-corrected chi connectivity index (χ0v) is 8.28. The molecule has 0 aliphatic carbocycles. The number of sulfonamides is 1. The lowest BCUT2D eigenvalue weighted by molar-refractivity contribution is -0.388. The van der Waals surface area contributed by atoms with Crippen LogP contribution in [0.5, 0.6) is 0 Å². The van der Waals surface area contributed by atoms with Crippen LogP contribution in [0.4, 0.5) is 5.69 Å². The number of rotatable bonds is 2. The van der Waals surface area contributed by atoms with Crippen LogP contribution in [-0.2, 0) is 17.1 Å². The quantitative estimate of drug-likeness (QED) is 0.520. The molecule has 0 spiro atoms. The van der Waals surface area contributed by atoms with Crippen LogP contribution in [0.15, 0.2) is 5.03 Å². The summed E-state index contributed by atoms with van der Waals surface area (Å²) in [5, 5.41) is 18.4. The molecule has 0 aromatic carbocycles. The molecule has 0 amide bonds. The number of aromatic nitrogens is 2. The van der Waals surface area contributed by atoms with Crippen molar-refractivity contribution in [2.24, 2.45) is 12.2 Å². The van der Waals surface area contributed by atoms with Gasteiger partial charge in [0, 0.05) is 7.05 Å². The highest BCUT2D eigenvalue weighted by Crippen LogP contribution is 2.25. The lowest BCUT2D eigenvalue weighted by Gasteiger charge is -1.96. The Morgan fingerprint density at radius 1 is 1.57 bits per heavy atom. The van der Waals surface area contributed by atoms with Crippen molar-refractivity contribution in [3.05, 3.63) is 15.8 Å². The monoisotopic (exact) mass is 220 g/mol. The van der Waals surface area contributed by atoms with Crippen molar-refractivity contribution in [3.8, 4) is 0 Å². The van der Waals surface area contributed by atoms with Gasteiger partial charge in [0.15, 0.2) is 0 Å². The summed E-state index contributed by atoms with van der Waals surface area (Å²) >= 11 is 0. The van der Waals surface area contributed by atoms with Crippen molar-refractivity contribution < 1.29 is 13.3 Å². The molecule has 0 saturated heterocycles. The number of nitro groups is 1. The predicted molar refractivity (Wildman–Crippen MR) is 46.0 cm³/mol. The van der Waals surface area contributed by atoms with Crippen molar-refractivity contribution in [1.82, 2.24) is 9.78 Å². The SMILES string of the molecule is Cc1nn(C)c(S(N)(=O)=O)c1[N+](=O)[O-]. The first-order valence-electron chi connectivity index (χ1n) is 3.46. The largest absolute Gasteiger partial charge is 0.330 e. The summed E-state index contributed by atoms with van der Waals surface area (Å²) in [4.78, 5) is 9.72. The molecule has 0 saturated carbocycles. The molecule has 0 unspecified atom stereocenters. The van der Waals surface area contributed by atoms with Gasteiger partial charge in [0.25, 0.3) is 10.0 Å². The molecule has 8 nitrogen and oxygen atoms in total. The van der Waals surface area contributed by atoms with Gasteiger partial charge in [-0.1, -0.05) is 0 Å². The van der Waals surface area contributed by atoms with Gasteiger partial charge in [0.05, 0.1) is 4.92 Å². The van der Waals surface area contributed by atoms with Crippen LogP contribution in [0.1, 0.15) is 5.69 Å². The molecule has 9 heteroatoms. The number of primary sulfonamides is 1. The smallest absolute Gasteiger partial charge is 0.258 e. The maximum absolute atomic E-state index is 11.0. The van der Waals surface area contributed by atoms with E-state index in [0.717, 1.165) is 4.68 Å². The maximum atomic E-state index is 11.0. The molecule has 0 aliphatic heterocycles. The van der Waals surface area contributed by atoms with E-state index in [-0.39, 0.29) is 5.69 Å². The van der Waals surface area contributed by atoms with E-state index in [9.17, 15) is 18.5 Å².